The maximum atomic E-state index is 6.37. The van der Waals surface area contributed by atoms with Gasteiger partial charge in [-0.2, -0.15) is 0 Å². The third-order valence-corrected chi connectivity index (χ3v) is 5.56. The predicted octanol–water partition coefficient (Wildman–Crippen LogP) is 3.84. The summed E-state index contributed by atoms with van der Waals surface area (Å²) in [5, 5.41) is 9.58. The Kier molecular flexibility index (Phi) is 4.99. The van der Waals surface area contributed by atoms with Crippen LogP contribution >= 0.6 is 11.6 Å². The molecular formula is C21H27ClN6O. The van der Waals surface area contributed by atoms with E-state index in [1.165, 1.54) is 0 Å². The van der Waals surface area contributed by atoms with Crippen LogP contribution in [0, 0.1) is 0 Å². The molecule has 2 aromatic heterocycles. The fourth-order valence-corrected chi connectivity index (χ4v) is 3.71. The summed E-state index contributed by atoms with van der Waals surface area (Å²) in [5.74, 6) is 1.59. The van der Waals surface area contributed by atoms with E-state index in [0.29, 0.717) is 30.3 Å². The predicted molar refractivity (Wildman–Crippen MR) is 115 cm³/mol. The molecule has 154 valence electrons. The molecule has 3 heterocycles. The van der Waals surface area contributed by atoms with Crippen molar-refractivity contribution in [3.63, 3.8) is 0 Å². The van der Waals surface area contributed by atoms with Crippen LogP contribution in [0.1, 0.15) is 46.0 Å². The number of halogens is 1. The first kappa shape index (κ1) is 20.0. The Hall–Kier alpha value is -2.25. The van der Waals surface area contributed by atoms with Crippen molar-refractivity contribution >= 4 is 28.6 Å². The fraction of sp³-hybridized carbons (Fsp3) is 0.524. The van der Waals surface area contributed by atoms with Crippen molar-refractivity contribution in [1.82, 2.24) is 25.0 Å². The van der Waals surface area contributed by atoms with Crippen LogP contribution in [-0.2, 0) is 16.7 Å². The summed E-state index contributed by atoms with van der Waals surface area (Å²) in [5.41, 5.74) is 2.01. The second kappa shape index (κ2) is 7.22. The maximum absolute atomic E-state index is 6.37. The van der Waals surface area contributed by atoms with E-state index in [9.17, 15) is 0 Å². The molecule has 0 spiro atoms. The van der Waals surface area contributed by atoms with Gasteiger partial charge in [0.25, 0.3) is 0 Å². The first-order valence-electron chi connectivity index (χ1n) is 9.87. The number of hydrogen-bond donors (Lipinski definition) is 0. The van der Waals surface area contributed by atoms with Gasteiger partial charge in [-0.1, -0.05) is 55.8 Å². The van der Waals surface area contributed by atoms with E-state index in [2.05, 4.69) is 49.8 Å². The molecule has 0 aliphatic carbocycles. The van der Waals surface area contributed by atoms with Crippen LogP contribution in [0.5, 0.6) is 0 Å². The Morgan fingerprint density at radius 2 is 1.93 bits per heavy atom. The average molecular weight is 415 g/mol. The van der Waals surface area contributed by atoms with Crippen molar-refractivity contribution in [2.75, 3.05) is 24.7 Å². The Morgan fingerprint density at radius 1 is 1.17 bits per heavy atom. The van der Waals surface area contributed by atoms with Crippen LogP contribution in [0.15, 0.2) is 24.3 Å². The number of morpholine rings is 1. The van der Waals surface area contributed by atoms with E-state index >= 15 is 0 Å². The zero-order chi connectivity index (χ0) is 20.8. The minimum absolute atomic E-state index is 0.193. The summed E-state index contributed by atoms with van der Waals surface area (Å²) in [7, 11) is 0. The van der Waals surface area contributed by atoms with Crippen LogP contribution in [0.3, 0.4) is 0 Å². The molecule has 1 aliphatic rings. The maximum Gasteiger partial charge on any atom is 0.184 e. The van der Waals surface area contributed by atoms with Crippen molar-refractivity contribution < 1.29 is 4.74 Å². The summed E-state index contributed by atoms with van der Waals surface area (Å²) in [6.45, 7) is 13.2. The molecule has 8 heteroatoms. The summed E-state index contributed by atoms with van der Waals surface area (Å²) in [6, 6.07) is 7.77. The molecule has 0 bridgehead atoms. The van der Waals surface area contributed by atoms with Crippen molar-refractivity contribution in [3.05, 3.63) is 40.7 Å². The van der Waals surface area contributed by atoms with Gasteiger partial charge in [0.15, 0.2) is 17.0 Å². The quantitative estimate of drug-likeness (QED) is 0.648. The number of anilines is 1. The summed E-state index contributed by atoms with van der Waals surface area (Å²) < 4.78 is 7.51. The summed E-state index contributed by atoms with van der Waals surface area (Å²) in [6.07, 6.45) is 0. The van der Waals surface area contributed by atoms with Crippen LogP contribution in [0.25, 0.3) is 11.2 Å². The lowest BCUT2D eigenvalue weighted by molar-refractivity contribution is 0.0640. The van der Waals surface area contributed by atoms with Gasteiger partial charge in [-0.25, -0.2) is 14.6 Å². The fourth-order valence-electron chi connectivity index (χ4n) is 3.51. The van der Waals surface area contributed by atoms with E-state index in [1.807, 2.05) is 28.9 Å². The Bertz CT molecular complexity index is 1040. The van der Waals surface area contributed by atoms with Gasteiger partial charge in [0, 0.05) is 17.0 Å². The van der Waals surface area contributed by atoms with Gasteiger partial charge in [0.05, 0.1) is 25.3 Å². The molecule has 1 aliphatic heterocycles. The van der Waals surface area contributed by atoms with E-state index in [4.69, 9.17) is 26.3 Å². The molecule has 0 N–H and O–H groups in total. The lowest BCUT2D eigenvalue weighted by atomic mass is 9.95. The van der Waals surface area contributed by atoms with Crippen molar-refractivity contribution in [2.24, 2.45) is 0 Å². The van der Waals surface area contributed by atoms with E-state index in [-0.39, 0.29) is 11.0 Å². The van der Waals surface area contributed by atoms with Crippen LogP contribution in [0.2, 0.25) is 5.02 Å². The average Bonchev–Trinajstić information content (AvgIpc) is 3.05. The summed E-state index contributed by atoms with van der Waals surface area (Å²) >= 11 is 6.37. The van der Waals surface area contributed by atoms with Gasteiger partial charge >= 0.3 is 0 Å². The Morgan fingerprint density at radius 3 is 2.62 bits per heavy atom. The molecule has 1 saturated heterocycles. The number of ether oxygens (including phenoxy) is 1. The lowest BCUT2D eigenvalue weighted by Gasteiger charge is -2.43. The summed E-state index contributed by atoms with van der Waals surface area (Å²) in [4.78, 5) is 12.1. The molecule has 0 amide bonds. The Labute approximate surface area is 176 Å². The van der Waals surface area contributed by atoms with Gasteiger partial charge in [0.2, 0.25) is 0 Å². The molecule has 3 aromatic rings. The molecule has 4 rings (SSSR count). The number of fused-ring (bicyclic) bond motifs is 1. The first-order chi connectivity index (χ1) is 13.7. The second-order valence-electron chi connectivity index (χ2n) is 9.15. The van der Waals surface area contributed by atoms with Gasteiger partial charge in [0.1, 0.15) is 5.82 Å². The normalized spacial score (nSPS) is 17.1. The van der Waals surface area contributed by atoms with Gasteiger partial charge < -0.3 is 9.64 Å². The molecule has 7 nitrogen and oxygen atoms in total. The van der Waals surface area contributed by atoms with Crippen molar-refractivity contribution in [3.8, 4) is 0 Å². The number of hydrogen-bond acceptors (Lipinski definition) is 6. The molecule has 0 unspecified atom stereocenters. The van der Waals surface area contributed by atoms with Crippen molar-refractivity contribution in [1.29, 1.82) is 0 Å². The smallest absolute Gasteiger partial charge is 0.184 e. The number of rotatable bonds is 3. The molecule has 0 saturated carbocycles. The largest absolute Gasteiger partial charge is 0.377 e. The number of aromatic nitrogens is 5. The van der Waals surface area contributed by atoms with Crippen molar-refractivity contribution in [2.45, 2.75) is 52.1 Å². The zero-order valence-corrected chi connectivity index (χ0v) is 18.4. The van der Waals surface area contributed by atoms with E-state index in [1.54, 1.807) is 0 Å². The Balaban J connectivity index is 1.88. The van der Waals surface area contributed by atoms with Gasteiger partial charge in [-0.05, 0) is 25.5 Å². The molecule has 1 aromatic carbocycles. The monoisotopic (exact) mass is 414 g/mol. The highest BCUT2D eigenvalue weighted by atomic mass is 35.5. The zero-order valence-electron chi connectivity index (χ0n) is 17.6. The van der Waals surface area contributed by atoms with E-state index < -0.39 is 0 Å². The SMILES string of the molecule is CC(C)(C)c1nc(N2CCOCC2(C)C)c2nnn(Cc3ccccc3Cl)c2n1. The molecule has 1 fully saturated rings. The van der Waals surface area contributed by atoms with Crippen LogP contribution in [-0.4, -0.2) is 50.3 Å². The minimum Gasteiger partial charge on any atom is -0.377 e. The highest BCUT2D eigenvalue weighted by molar-refractivity contribution is 6.31. The molecule has 0 radical (unpaired) electrons. The van der Waals surface area contributed by atoms with Gasteiger partial charge in [-0.15, -0.1) is 5.10 Å². The molecule has 29 heavy (non-hydrogen) atoms. The van der Waals surface area contributed by atoms with Gasteiger partial charge in [-0.3, -0.25) is 0 Å². The standard InChI is InChI=1S/C21H27ClN6O/c1-20(2,3)19-23-17(27-10-11-29-13-21(27,4)5)16-18(24-19)28(26-25-16)12-14-8-6-7-9-15(14)22/h6-9H,10-13H2,1-5H3. The highest BCUT2D eigenvalue weighted by Gasteiger charge is 2.35. The lowest BCUT2D eigenvalue weighted by Crippen LogP contribution is -2.53. The topological polar surface area (TPSA) is 69.0 Å². The third kappa shape index (κ3) is 3.81. The second-order valence-corrected chi connectivity index (χ2v) is 9.56. The first-order valence-corrected chi connectivity index (χ1v) is 10.3. The molecular weight excluding hydrogens is 388 g/mol. The molecule has 0 atom stereocenters. The van der Waals surface area contributed by atoms with Crippen LogP contribution in [0.4, 0.5) is 5.82 Å². The third-order valence-electron chi connectivity index (χ3n) is 5.19. The highest BCUT2D eigenvalue weighted by Crippen LogP contribution is 2.32. The number of benzene rings is 1. The van der Waals surface area contributed by atoms with E-state index in [0.717, 1.165) is 29.4 Å². The minimum atomic E-state index is -0.209. The number of nitrogens with zero attached hydrogens (tertiary/aromatic N) is 6. The van der Waals surface area contributed by atoms with Crippen LogP contribution < -0.4 is 4.90 Å².